The van der Waals surface area contributed by atoms with Gasteiger partial charge in [-0.25, -0.2) is 12.8 Å². The lowest BCUT2D eigenvalue weighted by atomic mass is 9.97. The summed E-state index contributed by atoms with van der Waals surface area (Å²) in [4.78, 5) is 12.0. The number of hydrogen-bond donors (Lipinski definition) is 0. The molecule has 100 valence electrons. The fourth-order valence-electron chi connectivity index (χ4n) is 1.45. The minimum absolute atomic E-state index is 0.00775. The van der Waals surface area contributed by atoms with Crippen molar-refractivity contribution in [3.8, 4) is 0 Å². The highest BCUT2D eigenvalue weighted by atomic mass is 32.2. The van der Waals surface area contributed by atoms with E-state index < -0.39 is 14.6 Å². The van der Waals surface area contributed by atoms with Gasteiger partial charge in [-0.2, -0.15) is 0 Å². The van der Waals surface area contributed by atoms with E-state index in [0.29, 0.717) is 11.1 Å². The van der Waals surface area contributed by atoms with E-state index in [2.05, 4.69) is 0 Å². The van der Waals surface area contributed by atoms with Crippen LogP contribution in [0.3, 0.4) is 0 Å². The van der Waals surface area contributed by atoms with E-state index in [1.807, 2.05) is 0 Å². The molecular weight excluding hydrogens is 255 g/mol. The molecule has 0 bridgehead atoms. The maximum absolute atomic E-state index is 12.9. The zero-order chi connectivity index (χ0) is 14.1. The smallest absolute Gasteiger partial charge is 0.159 e. The molecule has 0 N–H and O–H groups in total. The molecule has 3 nitrogen and oxygen atoms in total. The van der Waals surface area contributed by atoms with Crippen molar-refractivity contribution in [2.75, 3.05) is 6.26 Å². The highest BCUT2D eigenvalue weighted by molar-refractivity contribution is 7.92. The minimum Gasteiger partial charge on any atom is -0.298 e. The normalized spacial score (nSPS) is 12.5. The van der Waals surface area contributed by atoms with Crippen LogP contribution in [0.4, 0.5) is 4.39 Å². The zero-order valence-corrected chi connectivity index (χ0v) is 11.8. The first kappa shape index (κ1) is 14.8. The Balaban J connectivity index is 3.02. The summed E-state index contributed by atoms with van der Waals surface area (Å²) >= 11 is 0. The number of sulfone groups is 1. The summed E-state index contributed by atoms with van der Waals surface area (Å²) in [7, 11) is -3.47. The number of Topliss-reactive ketones (excluding diaryl/α,β-unsaturated/α-hetero) is 1. The van der Waals surface area contributed by atoms with Crippen LogP contribution < -0.4 is 0 Å². The van der Waals surface area contributed by atoms with Gasteiger partial charge < -0.3 is 0 Å². The van der Waals surface area contributed by atoms with Crippen molar-refractivity contribution in [1.82, 2.24) is 0 Å². The van der Waals surface area contributed by atoms with Gasteiger partial charge in [0, 0.05) is 12.7 Å². The quantitative estimate of drug-likeness (QED) is 0.843. The predicted molar refractivity (Wildman–Crippen MR) is 68.8 cm³/mol. The van der Waals surface area contributed by atoms with Crippen LogP contribution in [0.1, 0.15) is 25.0 Å². The Bertz CT molecular complexity index is 574. The van der Waals surface area contributed by atoms with Crippen molar-refractivity contribution in [2.24, 2.45) is 0 Å². The Hall–Kier alpha value is -1.23. The number of ketones is 1. The first-order chi connectivity index (χ1) is 8.05. The number of benzene rings is 1. The Morgan fingerprint density at radius 3 is 2.33 bits per heavy atom. The van der Waals surface area contributed by atoms with Gasteiger partial charge in [0.15, 0.2) is 15.6 Å². The fourth-order valence-corrected chi connectivity index (χ4v) is 1.94. The van der Waals surface area contributed by atoms with E-state index in [9.17, 15) is 17.6 Å². The second kappa shape index (κ2) is 4.80. The van der Waals surface area contributed by atoms with Crippen LogP contribution in [0.5, 0.6) is 0 Å². The summed E-state index contributed by atoms with van der Waals surface area (Å²) in [5.74, 6) is -0.759. The van der Waals surface area contributed by atoms with Crippen molar-refractivity contribution in [3.63, 3.8) is 0 Å². The highest BCUT2D eigenvalue weighted by Crippen LogP contribution is 2.20. The maximum Gasteiger partial charge on any atom is 0.159 e. The minimum atomic E-state index is -3.47. The lowest BCUT2D eigenvalue weighted by Gasteiger charge is -2.21. The Kier molecular flexibility index (Phi) is 3.96. The third kappa shape index (κ3) is 2.96. The van der Waals surface area contributed by atoms with Crippen LogP contribution in [0.15, 0.2) is 18.2 Å². The molecule has 0 saturated carbocycles. The topological polar surface area (TPSA) is 51.2 Å². The van der Waals surface area contributed by atoms with Gasteiger partial charge in [0.25, 0.3) is 0 Å². The molecule has 0 amide bonds. The van der Waals surface area contributed by atoms with Crippen molar-refractivity contribution in [1.29, 1.82) is 0 Å². The standard InChI is InChI=1S/C13H17FO3S/c1-9-7-11(14)6-5-10(9)8-12(15)13(2,3)18(4,16)17/h5-7H,8H2,1-4H3. The van der Waals surface area contributed by atoms with E-state index in [4.69, 9.17) is 0 Å². The maximum atomic E-state index is 12.9. The monoisotopic (exact) mass is 272 g/mol. The number of aryl methyl sites for hydroxylation is 1. The first-order valence-electron chi connectivity index (χ1n) is 5.53. The molecule has 5 heteroatoms. The van der Waals surface area contributed by atoms with Crippen LogP contribution in [0.25, 0.3) is 0 Å². The molecule has 0 heterocycles. The fraction of sp³-hybridized carbons (Fsp3) is 0.462. The van der Waals surface area contributed by atoms with Gasteiger partial charge >= 0.3 is 0 Å². The molecule has 1 aromatic rings. The molecule has 0 atom stereocenters. The van der Waals surface area contributed by atoms with Crippen LogP contribution in [-0.4, -0.2) is 25.2 Å². The Morgan fingerprint density at radius 2 is 1.89 bits per heavy atom. The van der Waals surface area contributed by atoms with Gasteiger partial charge in [0.05, 0.1) is 0 Å². The van der Waals surface area contributed by atoms with Crippen LogP contribution in [-0.2, 0) is 21.1 Å². The van der Waals surface area contributed by atoms with Crippen LogP contribution in [0.2, 0.25) is 0 Å². The lowest BCUT2D eigenvalue weighted by molar-refractivity contribution is -0.120. The molecule has 0 fully saturated rings. The van der Waals surface area contributed by atoms with E-state index in [0.717, 1.165) is 6.26 Å². The highest BCUT2D eigenvalue weighted by Gasteiger charge is 2.37. The van der Waals surface area contributed by atoms with Crippen LogP contribution in [0, 0.1) is 12.7 Å². The number of halogens is 1. The van der Waals surface area contributed by atoms with Crippen molar-refractivity contribution in [2.45, 2.75) is 31.9 Å². The summed E-state index contributed by atoms with van der Waals surface area (Å²) < 4.78 is 34.6. The number of carbonyl (C=O) groups is 1. The number of rotatable bonds is 4. The first-order valence-corrected chi connectivity index (χ1v) is 7.43. The van der Waals surface area contributed by atoms with Gasteiger partial charge in [-0.15, -0.1) is 0 Å². The average molecular weight is 272 g/mol. The third-order valence-corrected chi connectivity index (χ3v) is 5.34. The molecule has 0 aromatic heterocycles. The number of carbonyl (C=O) groups excluding carboxylic acids is 1. The van der Waals surface area contributed by atoms with Crippen molar-refractivity contribution >= 4 is 15.6 Å². The van der Waals surface area contributed by atoms with Gasteiger partial charge in [-0.3, -0.25) is 4.79 Å². The lowest BCUT2D eigenvalue weighted by Crippen LogP contribution is -2.41. The predicted octanol–water partition coefficient (Wildman–Crippen LogP) is 2.07. The van der Waals surface area contributed by atoms with E-state index in [1.54, 1.807) is 6.92 Å². The second-order valence-electron chi connectivity index (χ2n) is 4.95. The molecular formula is C13H17FO3S. The van der Waals surface area contributed by atoms with E-state index >= 15 is 0 Å². The summed E-state index contributed by atoms with van der Waals surface area (Å²) in [6.07, 6.45) is 1.04. The van der Waals surface area contributed by atoms with Gasteiger partial charge in [-0.1, -0.05) is 6.07 Å². The molecule has 0 aliphatic rings. The molecule has 0 aliphatic heterocycles. The Labute approximate surface area is 107 Å². The van der Waals surface area contributed by atoms with Gasteiger partial charge in [-0.05, 0) is 44.0 Å². The molecule has 18 heavy (non-hydrogen) atoms. The molecule has 0 saturated heterocycles. The van der Waals surface area contributed by atoms with Gasteiger partial charge in [0.2, 0.25) is 0 Å². The van der Waals surface area contributed by atoms with Crippen LogP contribution >= 0.6 is 0 Å². The van der Waals surface area contributed by atoms with Crippen molar-refractivity contribution in [3.05, 3.63) is 35.1 Å². The molecule has 0 unspecified atom stereocenters. The zero-order valence-electron chi connectivity index (χ0n) is 11.0. The molecule has 0 radical (unpaired) electrons. The molecule has 1 aromatic carbocycles. The summed E-state index contributed by atoms with van der Waals surface area (Å²) in [6, 6.07) is 4.11. The number of hydrogen-bond acceptors (Lipinski definition) is 3. The second-order valence-corrected chi connectivity index (χ2v) is 7.52. The van der Waals surface area contributed by atoms with E-state index in [1.165, 1.54) is 32.0 Å². The summed E-state index contributed by atoms with van der Waals surface area (Å²) in [5.41, 5.74) is 1.30. The molecule has 1 rings (SSSR count). The molecule has 0 aliphatic carbocycles. The largest absolute Gasteiger partial charge is 0.298 e. The Morgan fingerprint density at radius 1 is 1.33 bits per heavy atom. The van der Waals surface area contributed by atoms with Crippen molar-refractivity contribution < 1.29 is 17.6 Å². The van der Waals surface area contributed by atoms with E-state index in [-0.39, 0.29) is 18.0 Å². The average Bonchev–Trinajstić information content (AvgIpc) is 2.20. The van der Waals surface area contributed by atoms with Gasteiger partial charge in [0.1, 0.15) is 10.6 Å². The summed E-state index contributed by atoms with van der Waals surface area (Å²) in [6.45, 7) is 4.48. The third-order valence-electron chi connectivity index (χ3n) is 3.25. The SMILES string of the molecule is Cc1cc(F)ccc1CC(=O)C(C)(C)S(C)(=O)=O. The molecule has 0 spiro atoms. The summed E-state index contributed by atoms with van der Waals surface area (Å²) in [5, 5.41) is 0.